The van der Waals surface area contributed by atoms with Gasteiger partial charge in [0.1, 0.15) is 0 Å². The predicted molar refractivity (Wildman–Crippen MR) is 78.3 cm³/mol. The van der Waals surface area contributed by atoms with Gasteiger partial charge in [0.25, 0.3) is 0 Å². The Labute approximate surface area is 129 Å². The van der Waals surface area contributed by atoms with Gasteiger partial charge in [-0.1, -0.05) is 15.9 Å². The largest absolute Gasteiger partial charge is 0.478 e. The molecule has 1 heterocycles. The van der Waals surface area contributed by atoms with Crippen LogP contribution in [0.5, 0.6) is 0 Å². The fourth-order valence-corrected chi connectivity index (χ4v) is 3.08. The molecule has 1 aliphatic rings. The van der Waals surface area contributed by atoms with Gasteiger partial charge >= 0.3 is 11.9 Å². The molecule has 0 radical (unpaired) electrons. The van der Waals surface area contributed by atoms with Gasteiger partial charge in [-0.05, 0) is 24.6 Å². The number of carbonyl (C=O) groups is 3. The summed E-state index contributed by atoms with van der Waals surface area (Å²) in [6.07, 6.45) is 0.0290. The number of carboxylic acid groups (broad SMARTS) is 1. The van der Waals surface area contributed by atoms with Crippen LogP contribution < -0.4 is 4.90 Å². The van der Waals surface area contributed by atoms with Crippen LogP contribution in [0.25, 0.3) is 0 Å². The van der Waals surface area contributed by atoms with Gasteiger partial charge in [-0.3, -0.25) is 9.59 Å². The van der Waals surface area contributed by atoms with Gasteiger partial charge in [-0.15, -0.1) is 0 Å². The van der Waals surface area contributed by atoms with E-state index in [4.69, 9.17) is 0 Å². The van der Waals surface area contributed by atoms with Crippen LogP contribution in [0, 0.1) is 12.8 Å². The number of esters is 1. The average Bonchev–Trinajstić information content (AvgIpc) is 2.78. The minimum atomic E-state index is -1.12. The first-order chi connectivity index (χ1) is 9.85. The molecule has 1 aromatic rings. The first kappa shape index (κ1) is 15.5. The molecular weight excluding hydrogens is 342 g/mol. The molecule has 0 aromatic heterocycles. The number of methoxy groups -OCH3 is 1. The number of benzene rings is 1. The summed E-state index contributed by atoms with van der Waals surface area (Å²) in [5.74, 6) is -2.42. The standard InChI is InChI=1S/C14H14BrNO5/c1-7-3-9(15)5-10(13(18)19)12(7)16-6-8(4-11(16)17)14(20)21-2/h3,5,8H,4,6H2,1-2H3,(H,18,19). The normalized spacial score (nSPS) is 18.0. The van der Waals surface area contributed by atoms with Gasteiger partial charge in [0, 0.05) is 17.4 Å². The Bertz CT molecular complexity index is 628. The zero-order valence-electron chi connectivity index (χ0n) is 11.6. The molecule has 112 valence electrons. The van der Waals surface area contributed by atoms with E-state index in [2.05, 4.69) is 20.7 Å². The van der Waals surface area contributed by atoms with E-state index in [9.17, 15) is 19.5 Å². The number of ether oxygens (including phenoxy) is 1. The summed E-state index contributed by atoms with van der Waals surface area (Å²) in [5, 5.41) is 9.33. The lowest BCUT2D eigenvalue weighted by Gasteiger charge is -2.21. The summed E-state index contributed by atoms with van der Waals surface area (Å²) in [7, 11) is 1.27. The molecule has 0 bridgehead atoms. The van der Waals surface area contributed by atoms with Crippen molar-refractivity contribution in [3.05, 3.63) is 27.7 Å². The molecule has 6 nitrogen and oxygen atoms in total. The van der Waals surface area contributed by atoms with Crippen molar-refractivity contribution in [1.29, 1.82) is 0 Å². The zero-order valence-corrected chi connectivity index (χ0v) is 13.1. The van der Waals surface area contributed by atoms with E-state index in [0.717, 1.165) is 0 Å². The number of carboxylic acids is 1. The van der Waals surface area contributed by atoms with Crippen molar-refractivity contribution in [3.8, 4) is 0 Å². The van der Waals surface area contributed by atoms with Crippen molar-refractivity contribution < 1.29 is 24.2 Å². The Morgan fingerprint density at radius 1 is 1.43 bits per heavy atom. The summed E-state index contributed by atoms with van der Waals surface area (Å²) >= 11 is 3.24. The predicted octanol–water partition coefficient (Wildman–Crippen LogP) is 1.98. The fraction of sp³-hybridized carbons (Fsp3) is 0.357. The molecule has 1 atom stereocenters. The number of anilines is 1. The van der Waals surface area contributed by atoms with Crippen molar-refractivity contribution in [2.75, 3.05) is 18.6 Å². The zero-order chi connectivity index (χ0) is 15.7. The third kappa shape index (κ3) is 2.92. The molecule has 2 rings (SSSR count). The number of halogens is 1. The molecule has 1 amide bonds. The molecule has 1 N–H and O–H groups in total. The summed E-state index contributed by atoms with van der Waals surface area (Å²) in [5.41, 5.74) is 1.02. The maximum atomic E-state index is 12.1. The fourth-order valence-electron chi connectivity index (χ4n) is 2.51. The minimum Gasteiger partial charge on any atom is -0.478 e. The summed E-state index contributed by atoms with van der Waals surface area (Å²) < 4.78 is 5.27. The minimum absolute atomic E-state index is 0.0285. The quantitative estimate of drug-likeness (QED) is 0.838. The third-order valence-electron chi connectivity index (χ3n) is 3.43. The van der Waals surface area contributed by atoms with E-state index >= 15 is 0 Å². The second kappa shape index (κ2) is 5.85. The second-order valence-electron chi connectivity index (χ2n) is 4.85. The van der Waals surface area contributed by atoms with Crippen LogP contribution in [0.3, 0.4) is 0 Å². The maximum Gasteiger partial charge on any atom is 0.337 e. The molecule has 1 aliphatic heterocycles. The highest BCUT2D eigenvalue weighted by molar-refractivity contribution is 9.10. The number of rotatable bonds is 3. The molecule has 0 saturated carbocycles. The van der Waals surface area contributed by atoms with Crippen LogP contribution >= 0.6 is 15.9 Å². The van der Waals surface area contributed by atoms with Crippen LogP contribution in [0.15, 0.2) is 16.6 Å². The first-order valence-electron chi connectivity index (χ1n) is 6.26. The lowest BCUT2D eigenvalue weighted by molar-refractivity contribution is -0.145. The van der Waals surface area contributed by atoms with Gasteiger partial charge in [-0.2, -0.15) is 0 Å². The van der Waals surface area contributed by atoms with E-state index in [0.29, 0.717) is 15.7 Å². The summed E-state index contributed by atoms with van der Waals surface area (Å²) in [6.45, 7) is 1.86. The Morgan fingerprint density at radius 2 is 2.10 bits per heavy atom. The summed E-state index contributed by atoms with van der Waals surface area (Å²) in [4.78, 5) is 36.5. The highest BCUT2D eigenvalue weighted by Crippen LogP contribution is 2.33. The van der Waals surface area contributed by atoms with Crippen molar-refractivity contribution in [2.24, 2.45) is 5.92 Å². The number of hydrogen-bond acceptors (Lipinski definition) is 4. The van der Waals surface area contributed by atoms with Gasteiger partial charge in [0.05, 0.1) is 24.3 Å². The molecular formula is C14H14BrNO5. The first-order valence-corrected chi connectivity index (χ1v) is 7.06. The molecule has 21 heavy (non-hydrogen) atoms. The van der Waals surface area contributed by atoms with Crippen molar-refractivity contribution in [3.63, 3.8) is 0 Å². The number of carbonyl (C=O) groups excluding carboxylic acids is 2. The van der Waals surface area contributed by atoms with E-state index in [-0.39, 0.29) is 24.4 Å². The van der Waals surface area contributed by atoms with E-state index < -0.39 is 17.9 Å². The Kier molecular flexibility index (Phi) is 4.32. The second-order valence-corrected chi connectivity index (χ2v) is 5.77. The lowest BCUT2D eigenvalue weighted by atomic mass is 10.1. The average molecular weight is 356 g/mol. The summed E-state index contributed by atoms with van der Waals surface area (Å²) in [6, 6.07) is 3.18. The number of nitrogens with zero attached hydrogens (tertiary/aromatic N) is 1. The third-order valence-corrected chi connectivity index (χ3v) is 3.88. The Balaban J connectivity index is 2.45. The smallest absolute Gasteiger partial charge is 0.337 e. The van der Waals surface area contributed by atoms with Crippen LogP contribution in [0.4, 0.5) is 5.69 Å². The molecule has 1 aromatic carbocycles. The van der Waals surface area contributed by atoms with Crippen LogP contribution in [0.2, 0.25) is 0 Å². The molecule has 1 saturated heterocycles. The van der Waals surface area contributed by atoms with Gasteiger partial charge in [0.15, 0.2) is 0 Å². The van der Waals surface area contributed by atoms with E-state index in [1.807, 2.05) is 0 Å². The van der Waals surface area contributed by atoms with Crippen molar-refractivity contribution >= 4 is 39.5 Å². The topological polar surface area (TPSA) is 83.9 Å². The Hall–Kier alpha value is -1.89. The molecule has 1 unspecified atom stereocenters. The number of hydrogen-bond donors (Lipinski definition) is 1. The molecule has 7 heteroatoms. The van der Waals surface area contributed by atoms with Gasteiger partial charge in [-0.25, -0.2) is 4.79 Å². The van der Waals surface area contributed by atoms with Crippen LogP contribution in [0.1, 0.15) is 22.3 Å². The lowest BCUT2D eigenvalue weighted by Crippen LogP contribution is -2.28. The van der Waals surface area contributed by atoms with Crippen molar-refractivity contribution in [2.45, 2.75) is 13.3 Å². The number of amides is 1. The number of aryl methyl sites for hydroxylation is 1. The Morgan fingerprint density at radius 3 is 2.67 bits per heavy atom. The number of aromatic carboxylic acids is 1. The molecule has 1 fully saturated rings. The monoisotopic (exact) mass is 355 g/mol. The highest BCUT2D eigenvalue weighted by Gasteiger charge is 2.38. The van der Waals surface area contributed by atoms with Crippen LogP contribution in [-0.2, 0) is 14.3 Å². The van der Waals surface area contributed by atoms with Crippen molar-refractivity contribution in [1.82, 2.24) is 0 Å². The molecule has 0 aliphatic carbocycles. The van der Waals surface area contributed by atoms with Gasteiger partial charge < -0.3 is 14.7 Å². The molecule has 0 spiro atoms. The maximum absolute atomic E-state index is 12.1. The van der Waals surface area contributed by atoms with E-state index in [1.54, 1.807) is 13.0 Å². The van der Waals surface area contributed by atoms with Gasteiger partial charge in [0.2, 0.25) is 5.91 Å². The SMILES string of the molecule is COC(=O)C1CC(=O)N(c2c(C)cc(Br)cc2C(=O)O)C1. The van der Waals surface area contributed by atoms with Crippen LogP contribution in [-0.4, -0.2) is 36.6 Å². The van der Waals surface area contributed by atoms with E-state index in [1.165, 1.54) is 18.1 Å². The highest BCUT2D eigenvalue weighted by atomic mass is 79.9.